The van der Waals surface area contributed by atoms with Crippen molar-refractivity contribution in [2.45, 2.75) is 25.7 Å². The summed E-state index contributed by atoms with van der Waals surface area (Å²) in [6, 6.07) is 6.27. The van der Waals surface area contributed by atoms with Gasteiger partial charge in [-0.05, 0) is 18.6 Å². The summed E-state index contributed by atoms with van der Waals surface area (Å²) in [7, 11) is -4.03. The van der Waals surface area contributed by atoms with Crippen molar-refractivity contribution < 1.29 is 32.8 Å². The molecule has 0 aromatic heterocycles. The third-order valence-corrected chi connectivity index (χ3v) is 2.67. The van der Waals surface area contributed by atoms with Crippen LogP contribution in [0.15, 0.2) is 29.2 Å². The van der Waals surface area contributed by atoms with Crippen molar-refractivity contribution >= 4 is 22.1 Å². The van der Waals surface area contributed by atoms with Gasteiger partial charge in [-0.15, -0.1) is 0 Å². The molecule has 1 aromatic carbocycles. The zero-order chi connectivity index (χ0) is 14.3. The van der Waals surface area contributed by atoms with Crippen molar-refractivity contribution in [3.63, 3.8) is 0 Å². The molecule has 108 valence electrons. The SMILES string of the molecule is CC(=O)OC(C)=O.Cc1ccccc1S(=O)(=O)O.O. The number of aryl methyl sites for hydroxylation is 1. The summed E-state index contributed by atoms with van der Waals surface area (Å²) in [4.78, 5) is 19.6. The summed E-state index contributed by atoms with van der Waals surface area (Å²) < 4.78 is 33.8. The van der Waals surface area contributed by atoms with E-state index >= 15 is 0 Å². The van der Waals surface area contributed by atoms with Gasteiger partial charge in [0.05, 0.1) is 4.90 Å². The maximum atomic E-state index is 10.6. The number of benzene rings is 1. The Balaban J connectivity index is 0. The topological polar surface area (TPSA) is 129 Å². The van der Waals surface area contributed by atoms with Gasteiger partial charge in [-0.25, -0.2) is 0 Å². The molecule has 0 heterocycles. The highest BCUT2D eigenvalue weighted by atomic mass is 32.2. The molecule has 0 aliphatic heterocycles. The fourth-order valence-electron chi connectivity index (χ4n) is 1.05. The third kappa shape index (κ3) is 8.89. The highest BCUT2D eigenvalue weighted by Crippen LogP contribution is 2.12. The van der Waals surface area contributed by atoms with Gasteiger partial charge in [0.25, 0.3) is 10.1 Å². The fraction of sp³-hybridized carbons (Fsp3) is 0.273. The molecule has 1 aromatic rings. The molecule has 0 saturated carbocycles. The smallest absolute Gasteiger partial charge is 0.310 e. The molecule has 0 spiro atoms. The van der Waals surface area contributed by atoms with Gasteiger partial charge in [-0.3, -0.25) is 14.1 Å². The van der Waals surface area contributed by atoms with Crippen LogP contribution in [0.5, 0.6) is 0 Å². The molecule has 0 radical (unpaired) electrons. The Kier molecular flexibility index (Phi) is 8.60. The largest absolute Gasteiger partial charge is 0.412 e. The molecular weight excluding hydrogens is 276 g/mol. The molecule has 7 nitrogen and oxygen atoms in total. The number of esters is 2. The van der Waals surface area contributed by atoms with Gasteiger partial charge in [0.1, 0.15) is 0 Å². The lowest BCUT2D eigenvalue weighted by Crippen LogP contribution is -2.03. The minimum absolute atomic E-state index is 0. The Hall–Kier alpha value is -1.77. The van der Waals surface area contributed by atoms with Gasteiger partial charge >= 0.3 is 11.9 Å². The Bertz CT molecular complexity index is 522. The predicted octanol–water partition coefficient (Wildman–Crippen LogP) is 0.513. The molecule has 0 unspecified atom stereocenters. The van der Waals surface area contributed by atoms with E-state index in [9.17, 15) is 18.0 Å². The number of hydrogen-bond acceptors (Lipinski definition) is 5. The average molecular weight is 292 g/mol. The summed E-state index contributed by atoms with van der Waals surface area (Å²) in [5.74, 6) is -1.12. The van der Waals surface area contributed by atoms with E-state index in [-0.39, 0.29) is 10.4 Å². The van der Waals surface area contributed by atoms with Crippen LogP contribution in [0.2, 0.25) is 0 Å². The zero-order valence-electron chi connectivity index (χ0n) is 10.7. The molecule has 0 atom stereocenters. The van der Waals surface area contributed by atoms with E-state index in [1.807, 2.05) is 0 Å². The molecule has 0 bridgehead atoms. The first-order chi connectivity index (χ1) is 8.14. The number of hydrogen-bond donors (Lipinski definition) is 1. The van der Waals surface area contributed by atoms with Crippen LogP contribution >= 0.6 is 0 Å². The summed E-state index contributed by atoms with van der Waals surface area (Å²) >= 11 is 0. The second-order valence-electron chi connectivity index (χ2n) is 3.33. The number of carbonyl (C=O) groups excluding carboxylic acids is 2. The van der Waals surface area contributed by atoms with E-state index in [4.69, 9.17) is 4.55 Å². The summed E-state index contributed by atoms with van der Waals surface area (Å²) in [6.07, 6.45) is 0. The van der Waals surface area contributed by atoms with Gasteiger partial charge in [0, 0.05) is 13.8 Å². The van der Waals surface area contributed by atoms with Crippen molar-refractivity contribution in [2.24, 2.45) is 0 Å². The van der Waals surface area contributed by atoms with E-state index in [1.54, 1.807) is 25.1 Å². The van der Waals surface area contributed by atoms with Crippen molar-refractivity contribution in [3.05, 3.63) is 29.8 Å². The molecular formula is C11H16O7S. The maximum Gasteiger partial charge on any atom is 0.310 e. The zero-order valence-corrected chi connectivity index (χ0v) is 11.5. The molecule has 0 saturated heterocycles. The molecule has 0 aliphatic rings. The van der Waals surface area contributed by atoms with Crippen LogP contribution in [-0.4, -0.2) is 30.4 Å². The first-order valence-corrected chi connectivity index (χ1v) is 6.30. The Morgan fingerprint density at radius 1 is 1.11 bits per heavy atom. The quantitative estimate of drug-likeness (QED) is 0.456. The van der Waals surface area contributed by atoms with Gasteiger partial charge < -0.3 is 10.2 Å². The van der Waals surface area contributed by atoms with Gasteiger partial charge in [-0.2, -0.15) is 8.42 Å². The van der Waals surface area contributed by atoms with Crippen LogP contribution in [-0.2, 0) is 24.4 Å². The molecule has 0 fully saturated rings. The van der Waals surface area contributed by atoms with Crippen LogP contribution < -0.4 is 0 Å². The van der Waals surface area contributed by atoms with E-state index in [0.717, 1.165) is 0 Å². The highest BCUT2D eigenvalue weighted by molar-refractivity contribution is 7.85. The van der Waals surface area contributed by atoms with Crippen LogP contribution in [0.25, 0.3) is 0 Å². The minimum atomic E-state index is -4.03. The maximum absolute atomic E-state index is 10.6. The first kappa shape index (κ1) is 19.6. The third-order valence-electron chi connectivity index (χ3n) is 1.66. The lowest BCUT2D eigenvalue weighted by Gasteiger charge is -1.99. The number of carbonyl (C=O) groups is 2. The van der Waals surface area contributed by atoms with Crippen LogP contribution in [0.4, 0.5) is 0 Å². The van der Waals surface area contributed by atoms with Gasteiger partial charge in [0.15, 0.2) is 0 Å². The number of ether oxygens (including phenoxy) is 1. The van der Waals surface area contributed by atoms with E-state index in [2.05, 4.69) is 4.74 Å². The molecule has 1 rings (SSSR count). The molecule has 0 aliphatic carbocycles. The highest BCUT2D eigenvalue weighted by Gasteiger charge is 2.10. The fourth-order valence-corrected chi connectivity index (χ4v) is 1.77. The Morgan fingerprint density at radius 3 is 1.74 bits per heavy atom. The minimum Gasteiger partial charge on any atom is -0.412 e. The standard InChI is InChI=1S/C7H8O3S.C4H6O3.H2O/c1-6-4-2-3-5-7(6)11(8,9)10;1-3(5)7-4(2)6;/h2-5H,1H3,(H,8,9,10);1-2H3;1H2. The summed E-state index contributed by atoms with van der Waals surface area (Å²) in [5.41, 5.74) is 0.551. The Labute approximate surface area is 111 Å². The van der Waals surface area contributed by atoms with Crippen molar-refractivity contribution in [3.8, 4) is 0 Å². The summed E-state index contributed by atoms with van der Waals surface area (Å²) in [5, 5.41) is 0. The van der Waals surface area contributed by atoms with E-state index < -0.39 is 22.1 Å². The van der Waals surface area contributed by atoms with Crippen LogP contribution in [0.3, 0.4) is 0 Å². The second-order valence-corrected chi connectivity index (χ2v) is 4.72. The van der Waals surface area contributed by atoms with Crippen molar-refractivity contribution in [2.75, 3.05) is 0 Å². The van der Waals surface area contributed by atoms with Gasteiger partial charge in [-0.1, -0.05) is 18.2 Å². The lowest BCUT2D eigenvalue weighted by atomic mass is 10.2. The lowest BCUT2D eigenvalue weighted by molar-refractivity contribution is -0.156. The molecule has 19 heavy (non-hydrogen) atoms. The molecule has 0 amide bonds. The monoisotopic (exact) mass is 292 g/mol. The summed E-state index contributed by atoms with van der Waals surface area (Å²) in [6.45, 7) is 3.99. The van der Waals surface area contributed by atoms with Crippen molar-refractivity contribution in [1.82, 2.24) is 0 Å². The number of rotatable bonds is 1. The molecule has 3 N–H and O–H groups in total. The predicted molar refractivity (Wildman–Crippen MR) is 67.1 cm³/mol. The van der Waals surface area contributed by atoms with Crippen LogP contribution in [0, 0.1) is 6.92 Å². The normalized spacial score (nSPS) is 9.47. The first-order valence-electron chi connectivity index (χ1n) is 4.86. The van der Waals surface area contributed by atoms with E-state index in [1.165, 1.54) is 19.9 Å². The average Bonchev–Trinajstić information content (AvgIpc) is 2.14. The van der Waals surface area contributed by atoms with E-state index in [0.29, 0.717) is 5.56 Å². The van der Waals surface area contributed by atoms with Gasteiger partial charge in [0.2, 0.25) is 0 Å². The second kappa shape index (κ2) is 8.35. The van der Waals surface area contributed by atoms with Crippen molar-refractivity contribution in [1.29, 1.82) is 0 Å². The Morgan fingerprint density at radius 2 is 1.53 bits per heavy atom. The van der Waals surface area contributed by atoms with Crippen LogP contribution in [0.1, 0.15) is 19.4 Å². The molecule has 8 heteroatoms.